The molecule has 14 heteroatoms. The van der Waals surface area contributed by atoms with Gasteiger partial charge in [-0.1, -0.05) is 0 Å². The minimum atomic E-state index is -4.81. The molecule has 1 N–H and O–H groups in total. The van der Waals surface area contributed by atoms with Crippen LogP contribution >= 0.6 is 20.2 Å². The van der Waals surface area contributed by atoms with Gasteiger partial charge in [0.15, 0.2) is 6.61 Å². The second-order valence-electron chi connectivity index (χ2n) is 1.71. The van der Waals surface area contributed by atoms with Gasteiger partial charge in [0.1, 0.15) is 0 Å². The number of carbonyl (C=O) groups excluding carboxylic acids is 2. The van der Waals surface area contributed by atoms with E-state index in [0.717, 1.165) is 20.1 Å². The Morgan fingerprint density at radius 3 is 1.89 bits per heavy atom. The Bertz CT molecular complexity index is 317. The van der Waals surface area contributed by atoms with Crippen LogP contribution in [0.25, 0.3) is 0 Å². The minimum Gasteiger partial charge on any atom is 0 e. The van der Waals surface area contributed by atoms with E-state index in [4.69, 9.17) is 4.55 Å². The molecule has 0 aliphatic rings. The van der Waals surface area contributed by atoms with Gasteiger partial charge in [-0.3, -0.25) is 9.35 Å². The zero-order chi connectivity index (χ0) is 12.5. The van der Waals surface area contributed by atoms with Gasteiger partial charge in [-0.15, -0.1) is 0 Å². The fourth-order valence-electron chi connectivity index (χ4n) is 0.302. The number of esters is 1. The third-order valence-corrected chi connectivity index (χ3v) is 0.988. The van der Waals surface area contributed by atoms with Gasteiger partial charge in [0.25, 0.3) is 0 Å². The van der Waals surface area contributed by atoms with Gasteiger partial charge in [-0.25, -0.2) is 4.79 Å². The van der Waals surface area contributed by atoms with E-state index in [-0.39, 0.29) is 58.9 Å². The molecule has 0 saturated heterocycles. The Morgan fingerprint density at radius 2 is 1.67 bits per heavy atom. The van der Waals surface area contributed by atoms with Crippen molar-refractivity contribution in [1.29, 1.82) is 0 Å². The second kappa shape index (κ2) is 18.8. The monoisotopic (exact) mass is 565 g/mol. The predicted molar refractivity (Wildman–Crippen MR) is 46.0 cm³/mol. The molecule has 0 unspecified atom stereocenters. The van der Waals surface area contributed by atoms with Crippen LogP contribution in [0.15, 0.2) is 0 Å². The summed E-state index contributed by atoms with van der Waals surface area (Å²) in [5.74, 6) is -2.13. The molecule has 2 radical (unpaired) electrons. The molecular formula is C4H6AgCl2Cu2O7SZn. The summed E-state index contributed by atoms with van der Waals surface area (Å²) in [5, 5.41) is 0. The molecular weight excluding hydrogens is 563 g/mol. The van der Waals surface area contributed by atoms with Crippen LogP contribution < -0.4 is 0 Å². The zero-order valence-corrected chi connectivity index (χ0v) is 17.0. The van der Waals surface area contributed by atoms with E-state index in [9.17, 15) is 18.0 Å². The Balaban J connectivity index is -0.0000000852. The van der Waals surface area contributed by atoms with Crippen LogP contribution in [-0.2, 0) is 101 Å². The molecule has 0 spiro atoms. The van der Waals surface area contributed by atoms with Gasteiger partial charge in [0, 0.05) is 65.9 Å². The summed E-state index contributed by atoms with van der Waals surface area (Å²) in [6.45, 7) is 0.176. The van der Waals surface area contributed by atoms with Crippen molar-refractivity contribution in [2.75, 3.05) is 6.61 Å². The van der Waals surface area contributed by atoms with Gasteiger partial charge in [-0.05, 0) is 0 Å². The Hall–Kier alpha value is 1.83. The largest absolute Gasteiger partial charge is 0 e. The van der Waals surface area contributed by atoms with Crippen LogP contribution in [0.1, 0.15) is 6.92 Å². The van der Waals surface area contributed by atoms with Gasteiger partial charge in [0.05, 0.1) is 0 Å². The van der Waals surface area contributed by atoms with Gasteiger partial charge < -0.3 is 8.92 Å². The maximum absolute atomic E-state index is 10.3. The number of carbonyl (C=O) groups is 2. The van der Waals surface area contributed by atoms with Crippen molar-refractivity contribution in [3.05, 3.63) is 0 Å². The topological polar surface area (TPSA) is 107 Å². The summed E-state index contributed by atoms with van der Waals surface area (Å²) < 4.78 is 35.1. The van der Waals surface area contributed by atoms with Crippen molar-refractivity contribution in [2.24, 2.45) is 0 Å². The first-order valence-corrected chi connectivity index (χ1v) is 6.83. The normalized spacial score (nSPS) is 8.22. The summed E-state index contributed by atoms with van der Waals surface area (Å²) in [4.78, 5) is 20.4. The number of rotatable bonds is 3. The quantitative estimate of drug-likeness (QED) is 0.296. The average Bonchev–Trinajstić information content (AvgIpc) is 1.99. The van der Waals surface area contributed by atoms with E-state index in [1.165, 1.54) is 0 Å². The van der Waals surface area contributed by atoms with Gasteiger partial charge >= 0.3 is 55.7 Å². The molecule has 0 aromatic heterocycles. The molecule has 0 atom stereocenters. The predicted octanol–water partition coefficient (Wildman–Crippen LogP) is 0.265. The van der Waals surface area contributed by atoms with E-state index in [0.29, 0.717) is 0 Å². The van der Waals surface area contributed by atoms with Crippen LogP contribution in [0.4, 0.5) is 0 Å². The molecule has 0 bridgehead atoms. The second-order valence-corrected chi connectivity index (χ2v) is 4.28. The standard InChI is InChI=1S/C4H6O7S.Ag.2ClH.2Cu.Zn/c1-3(5)10-2-4(6)11-12(7,8)9;;;;;;/h2H2,1H3,(H,7,8,9);;2*1H;;;/q;;;;;+2;/p-2. The van der Waals surface area contributed by atoms with Crippen LogP contribution in [0.5, 0.6) is 0 Å². The van der Waals surface area contributed by atoms with Crippen molar-refractivity contribution in [3.63, 3.8) is 0 Å². The summed E-state index contributed by atoms with van der Waals surface area (Å²) in [7, 11) is 4.53. The molecule has 0 fully saturated rings. The molecule has 0 rings (SSSR count). The molecule has 0 heterocycles. The molecule has 0 aliphatic carbocycles. The van der Waals surface area contributed by atoms with E-state index in [1.807, 2.05) is 0 Å². The van der Waals surface area contributed by atoms with E-state index in [1.54, 1.807) is 0 Å². The Morgan fingerprint density at radius 1 is 1.33 bits per heavy atom. The number of halogens is 2. The smallest absolute Gasteiger partial charge is 0 e. The summed E-state index contributed by atoms with van der Waals surface area (Å²) in [5.41, 5.74) is 0. The van der Waals surface area contributed by atoms with Crippen LogP contribution in [-0.4, -0.2) is 31.5 Å². The maximum atomic E-state index is 10.3. The fourth-order valence-corrected chi connectivity index (χ4v) is 0.585. The summed E-state index contributed by atoms with van der Waals surface area (Å²) in [6.07, 6.45) is 0. The molecule has 0 aromatic carbocycles. The van der Waals surface area contributed by atoms with Gasteiger partial charge in [0.2, 0.25) is 0 Å². The first kappa shape index (κ1) is 32.0. The van der Waals surface area contributed by atoms with Crippen molar-refractivity contribution >= 4 is 42.5 Å². The molecule has 0 aromatic rings. The van der Waals surface area contributed by atoms with Crippen molar-refractivity contribution < 1.29 is 104 Å². The van der Waals surface area contributed by atoms with E-state index < -0.39 is 28.9 Å². The zero-order valence-electron chi connectivity index (χ0n) is 8.38. The Labute approximate surface area is 158 Å². The van der Waals surface area contributed by atoms with Crippen molar-refractivity contribution in [3.8, 4) is 0 Å². The first-order valence-electron chi connectivity index (χ1n) is 2.87. The van der Waals surface area contributed by atoms with Gasteiger partial charge in [-0.2, -0.15) is 8.42 Å². The minimum absolute atomic E-state index is 0. The van der Waals surface area contributed by atoms with Crippen LogP contribution in [0.3, 0.4) is 0 Å². The third kappa shape index (κ3) is 36.1. The van der Waals surface area contributed by atoms with Crippen LogP contribution in [0, 0.1) is 0 Å². The van der Waals surface area contributed by atoms with E-state index in [2.05, 4.69) is 29.1 Å². The number of hydrogen-bond acceptors (Lipinski definition) is 6. The van der Waals surface area contributed by atoms with Crippen molar-refractivity contribution in [1.82, 2.24) is 0 Å². The fraction of sp³-hybridized carbons (Fsp3) is 0.500. The number of ether oxygens (including phenoxy) is 1. The van der Waals surface area contributed by atoms with E-state index >= 15 is 0 Å². The summed E-state index contributed by atoms with van der Waals surface area (Å²) >= 11 is 0.757. The molecule has 18 heavy (non-hydrogen) atoms. The molecule has 0 aliphatic heterocycles. The Kier molecular flexibility index (Phi) is 33.5. The molecule has 119 valence electrons. The molecule has 0 saturated carbocycles. The average molecular weight is 569 g/mol. The van der Waals surface area contributed by atoms with Crippen molar-refractivity contribution in [2.45, 2.75) is 6.92 Å². The third-order valence-electron chi connectivity index (χ3n) is 0.592. The molecule has 7 nitrogen and oxygen atoms in total. The summed E-state index contributed by atoms with van der Waals surface area (Å²) in [6, 6.07) is 0. The van der Waals surface area contributed by atoms with Crippen LogP contribution in [0.2, 0.25) is 0 Å². The SMILES string of the molecule is CC(=O)OCC(=O)OS(=O)(=O)O.[Ag].[Cl][Cu][Cl].[Cu].[Zn]. The maximum Gasteiger partial charge on any atom is 0 e. The molecule has 0 amide bonds. The number of hydrogen-bond donors (Lipinski definition) is 1. The first-order chi connectivity index (χ1) is 6.72.